The Bertz CT molecular complexity index is 1070. The van der Waals surface area contributed by atoms with E-state index < -0.39 is 6.17 Å². The predicted molar refractivity (Wildman–Crippen MR) is 111 cm³/mol. The first-order valence-corrected chi connectivity index (χ1v) is 10.2. The second-order valence-electron chi connectivity index (χ2n) is 8.18. The van der Waals surface area contributed by atoms with Crippen LogP contribution >= 0.6 is 0 Å². The van der Waals surface area contributed by atoms with Crippen LogP contribution in [0.4, 0.5) is 10.2 Å². The number of fused-ring (bicyclic) bond motifs is 1. The highest BCUT2D eigenvalue weighted by molar-refractivity contribution is 5.81. The third-order valence-electron chi connectivity index (χ3n) is 6.03. The topological polar surface area (TPSA) is 79.5 Å². The minimum absolute atomic E-state index is 0.118. The molecule has 9 heteroatoms. The molecule has 4 heterocycles. The third kappa shape index (κ3) is 3.37. The number of aliphatic hydroxyl groups is 1. The first-order chi connectivity index (χ1) is 14.5. The Balaban J connectivity index is 1.54. The maximum absolute atomic E-state index is 14.7. The Kier molecular flexibility index (Phi) is 4.79. The molecule has 0 bridgehead atoms. The number of methoxy groups -OCH3 is 1. The molecule has 0 unspecified atom stereocenters. The van der Waals surface area contributed by atoms with Crippen molar-refractivity contribution in [1.82, 2.24) is 24.6 Å². The number of benzene rings is 1. The second-order valence-corrected chi connectivity index (χ2v) is 8.18. The lowest BCUT2D eigenvalue weighted by Crippen LogP contribution is -2.51. The molecule has 0 amide bonds. The Labute approximate surface area is 173 Å². The molecule has 2 atom stereocenters. The molecule has 0 aliphatic carbocycles. The van der Waals surface area contributed by atoms with E-state index in [0.717, 1.165) is 29.4 Å². The highest BCUT2D eigenvalue weighted by Crippen LogP contribution is 2.33. The number of anilines is 1. The number of β-amino-alcohol motifs (C(OH)–C–C–N with tert-alkyl or cyclic N) is 1. The summed E-state index contributed by atoms with van der Waals surface area (Å²) >= 11 is 0. The molecule has 2 aliphatic heterocycles. The van der Waals surface area contributed by atoms with Crippen molar-refractivity contribution < 1.29 is 14.2 Å². The quantitative estimate of drug-likeness (QED) is 0.700. The van der Waals surface area contributed by atoms with Gasteiger partial charge in [-0.25, -0.2) is 9.07 Å². The van der Waals surface area contributed by atoms with Crippen LogP contribution in [0.2, 0.25) is 0 Å². The van der Waals surface area contributed by atoms with Crippen LogP contribution in [-0.4, -0.2) is 82.4 Å². The van der Waals surface area contributed by atoms with Gasteiger partial charge in [0.05, 0.1) is 24.9 Å². The summed E-state index contributed by atoms with van der Waals surface area (Å²) in [6.07, 6.45) is 1.34. The Morgan fingerprint density at radius 1 is 1.13 bits per heavy atom. The summed E-state index contributed by atoms with van der Waals surface area (Å²) in [5, 5.41) is 15.1. The van der Waals surface area contributed by atoms with Crippen LogP contribution in [0.1, 0.15) is 17.9 Å². The highest BCUT2D eigenvalue weighted by Gasteiger charge is 2.30. The zero-order chi connectivity index (χ0) is 20.8. The lowest BCUT2D eigenvalue weighted by molar-refractivity contribution is 0.139. The maximum atomic E-state index is 14.7. The summed E-state index contributed by atoms with van der Waals surface area (Å²) in [7, 11) is 3.48. The molecule has 2 saturated heterocycles. The fourth-order valence-electron chi connectivity index (χ4n) is 4.29. The van der Waals surface area contributed by atoms with E-state index >= 15 is 0 Å². The zero-order valence-corrected chi connectivity index (χ0v) is 17.1. The average Bonchev–Trinajstić information content (AvgIpc) is 3.14. The summed E-state index contributed by atoms with van der Waals surface area (Å²) in [5.74, 6) is 1.14. The van der Waals surface area contributed by atoms with E-state index in [1.54, 1.807) is 10.9 Å². The molecule has 3 aromatic rings. The van der Waals surface area contributed by atoms with Crippen molar-refractivity contribution >= 4 is 16.7 Å². The fourth-order valence-corrected chi connectivity index (χ4v) is 4.29. The van der Waals surface area contributed by atoms with Gasteiger partial charge in [-0.15, -0.1) is 0 Å². The van der Waals surface area contributed by atoms with Gasteiger partial charge in [0.2, 0.25) is 0 Å². The highest BCUT2D eigenvalue weighted by atomic mass is 19.1. The molecule has 158 valence electrons. The fraction of sp³-hybridized carbons (Fsp3) is 0.476. The molecule has 2 aromatic heterocycles. The summed E-state index contributed by atoms with van der Waals surface area (Å²) in [5.41, 5.74) is 1.85. The third-order valence-corrected chi connectivity index (χ3v) is 6.03. The monoisotopic (exact) mass is 412 g/mol. The summed E-state index contributed by atoms with van der Waals surface area (Å²) in [4.78, 5) is 12.9. The Morgan fingerprint density at radius 2 is 1.93 bits per heavy atom. The van der Waals surface area contributed by atoms with E-state index in [-0.39, 0.29) is 18.0 Å². The number of hydrogen-bond acceptors (Lipinski definition) is 7. The lowest BCUT2D eigenvalue weighted by atomic mass is 9.88. The van der Waals surface area contributed by atoms with Crippen LogP contribution in [0.25, 0.3) is 16.7 Å². The number of rotatable bonds is 4. The molecule has 8 nitrogen and oxygen atoms in total. The number of likely N-dealkylation sites (tertiary alicyclic amines) is 1. The van der Waals surface area contributed by atoms with Crippen LogP contribution in [0, 0.1) is 0 Å². The first kappa shape index (κ1) is 19.2. The van der Waals surface area contributed by atoms with Gasteiger partial charge in [0.25, 0.3) is 0 Å². The van der Waals surface area contributed by atoms with Crippen molar-refractivity contribution in [1.29, 1.82) is 0 Å². The SMILES string of the molecule is COc1nc(N2CC(O)C2)cc(-n2ncc3ccc([C@@H]4CCN(C)C[C@@H]4F)cc32)n1. The number of aromatic nitrogens is 4. The molecule has 30 heavy (non-hydrogen) atoms. The van der Waals surface area contributed by atoms with Gasteiger partial charge in [0, 0.05) is 37.0 Å². The molecule has 1 N–H and O–H groups in total. The molecule has 0 spiro atoms. The molecular formula is C21H25FN6O2. The van der Waals surface area contributed by atoms with Gasteiger partial charge in [0.1, 0.15) is 12.0 Å². The number of hydrogen-bond donors (Lipinski definition) is 1. The van der Waals surface area contributed by atoms with E-state index in [2.05, 4.69) is 15.1 Å². The molecule has 0 saturated carbocycles. The summed E-state index contributed by atoms with van der Waals surface area (Å²) < 4.78 is 21.8. The zero-order valence-electron chi connectivity index (χ0n) is 17.1. The largest absolute Gasteiger partial charge is 0.467 e. The normalized spacial score (nSPS) is 23.0. The minimum atomic E-state index is -0.888. The van der Waals surface area contributed by atoms with Gasteiger partial charge in [-0.05, 0) is 31.6 Å². The van der Waals surface area contributed by atoms with Crippen molar-refractivity contribution in [2.24, 2.45) is 0 Å². The smallest absolute Gasteiger partial charge is 0.320 e. The van der Waals surface area contributed by atoms with Gasteiger partial charge >= 0.3 is 6.01 Å². The maximum Gasteiger partial charge on any atom is 0.320 e. The predicted octanol–water partition coefficient (Wildman–Crippen LogP) is 1.76. The van der Waals surface area contributed by atoms with Crippen molar-refractivity contribution in [2.75, 3.05) is 45.2 Å². The minimum Gasteiger partial charge on any atom is -0.467 e. The number of nitrogens with zero attached hydrogens (tertiary/aromatic N) is 6. The van der Waals surface area contributed by atoms with Gasteiger partial charge < -0.3 is 19.6 Å². The molecule has 5 rings (SSSR count). The number of piperidine rings is 1. The Morgan fingerprint density at radius 3 is 2.67 bits per heavy atom. The van der Waals surface area contributed by atoms with Crippen molar-refractivity contribution in [2.45, 2.75) is 24.6 Å². The molecule has 2 fully saturated rings. The van der Waals surface area contributed by atoms with E-state index in [9.17, 15) is 9.50 Å². The van der Waals surface area contributed by atoms with Gasteiger partial charge in [-0.3, -0.25) is 0 Å². The van der Waals surface area contributed by atoms with E-state index in [0.29, 0.717) is 31.3 Å². The van der Waals surface area contributed by atoms with Crippen molar-refractivity contribution in [3.05, 3.63) is 36.0 Å². The van der Waals surface area contributed by atoms with Crippen LogP contribution in [0.5, 0.6) is 6.01 Å². The second kappa shape index (κ2) is 7.48. The van der Waals surface area contributed by atoms with Crippen LogP contribution < -0.4 is 9.64 Å². The lowest BCUT2D eigenvalue weighted by Gasteiger charge is -2.36. The van der Waals surface area contributed by atoms with Gasteiger partial charge in [-0.1, -0.05) is 12.1 Å². The number of aliphatic hydroxyl groups excluding tert-OH is 1. The molecule has 2 aliphatic rings. The van der Waals surface area contributed by atoms with Gasteiger partial charge in [-0.2, -0.15) is 15.1 Å². The standard InChI is InChI=1S/C21H25FN6O2/c1-26-6-5-16(17(22)12-26)13-3-4-14-9-23-28(18(14)7-13)20-8-19(24-21(25-20)30-2)27-10-15(29)11-27/h3-4,7-9,15-17,29H,5-6,10-12H2,1-2H3/t16-,17-/m0/s1. The molecule has 0 radical (unpaired) electrons. The van der Waals surface area contributed by atoms with E-state index in [4.69, 9.17) is 4.74 Å². The van der Waals surface area contributed by atoms with Crippen LogP contribution in [-0.2, 0) is 0 Å². The number of alkyl halides is 1. The Hall–Kier alpha value is -2.78. The van der Waals surface area contributed by atoms with E-state index in [1.165, 1.54) is 7.11 Å². The average molecular weight is 412 g/mol. The first-order valence-electron chi connectivity index (χ1n) is 10.2. The van der Waals surface area contributed by atoms with Crippen molar-refractivity contribution in [3.8, 4) is 11.8 Å². The molecular weight excluding hydrogens is 387 g/mol. The number of halogens is 1. The summed E-state index contributed by atoms with van der Waals surface area (Å²) in [6, 6.07) is 8.09. The molecule has 1 aromatic carbocycles. The summed E-state index contributed by atoms with van der Waals surface area (Å²) in [6.45, 7) is 2.39. The van der Waals surface area contributed by atoms with Crippen LogP contribution in [0.15, 0.2) is 30.5 Å². The number of ether oxygens (including phenoxy) is 1. The van der Waals surface area contributed by atoms with E-state index in [1.807, 2.05) is 41.1 Å². The van der Waals surface area contributed by atoms with Crippen molar-refractivity contribution in [3.63, 3.8) is 0 Å². The van der Waals surface area contributed by atoms with Gasteiger partial charge in [0.15, 0.2) is 5.82 Å². The van der Waals surface area contributed by atoms with Crippen LogP contribution in [0.3, 0.4) is 0 Å².